The fourth-order valence-electron chi connectivity index (χ4n) is 1.15. The van der Waals surface area contributed by atoms with E-state index < -0.39 is 0 Å². The van der Waals surface area contributed by atoms with Gasteiger partial charge in [0.1, 0.15) is 5.82 Å². The van der Waals surface area contributed by atoms with E-state index in [1.807, 2.05) is 6.92 Å². The van der Waals surface area contributed by atoms with Crippen LogP contribution in [0.25, 0.3) is 0 Å². The molecule has 1 aromatic rings. The van der Waals surface area contributed by atoms with Gasteiger partial charge in [0.25, 0.3) is 0 Å². The van der Waals surface area contributed by atoms with Crippen LogP contribution in [0.4, 0.5) is 4.39 Å². The number of halogens is 1. The Balaban J connectivity index is 3.15. The summed E-state index contributed by atoms with van der Waals surface area (Å²) >= 11 is 0. The van der Waals surface area contributed by atoms with Crippen LogP contribution in [0.2, 0.25) is 0 Å². The molecule has 2 heteroatoms. The van der Waals surface area contributed by atoms with E-state index in [0.29, 0.717) is 0 Å². The topological polar surface area (TPSA) is 23.8 Å². The van der Waals surface area contributed by atoms with Gasteiger partial charge < -0.3 is 0 Å². The maximum atomic E-state index is 12.7. The Labute approximate surface area is 71.4 Å². The fourth-order valence-corrected chi connectivity index (χ4v) is 1.15. The second kappa shape index (κ2) is 3.36. The Bertz CT molecular complexity index is 325. The standard InChI is InChI=1S/C10H10FN/c1-7-3-4-9(11)5-10(7)8(2)6-12/h3-5,8H,1-2H3. The molecule has 0 aliphatic heterocycles. The first-order valence-corrected chi connectivity index (χ1v) is 3.81. The smallest absolute Gasteiger partial charge is 0.123 e. The van der Waals surface area contributed by atoms with Crippen molar-refractivity contribution >= 4 is 0 Å². The van der Waals surface area contributed by atoms with Gasteiger partial charge in [-0.25, -0.2) is 4.39 Å². The lowest BCUT2D eigenvalue weighted by Gasteiger charge is -2.06. The number of benzene rings is 1. The summed E-state index contributed by atoms with van der Waals surface area (Å²) in [4.78, 5) is 0. The largest absolute Gasteiger partial charge is 0.207 e. The molecular weight excluding hydrogens is 153 g/mol. The van der Waals surface area contributed by atoms with Crippen LogP contribution in [-0.4, -0.2) is 0 Å². The van der Waals surface area contributed by atoms with Gasteiger partial charge in [0.15, 0.2) is 0 Å². The van der Waals surface area contributed by atoms with E-state index in [-0.39, 0.29) is 11.7 Å². The summed E-state index contributed by atoms with van der Waals surface area (Å²) in [6.45, 7) is 3.64. The van der Waals surface area contributed by atoms with Gasteiger partial charge in [-0.15, -0.1) is 0 Å². The molecule has 0 saturated carbocycles. The zero-order valence-corrected chi connectivity index (χ0v) is 7.13. The first-order chi connectivity index (χ1) is 5.65. The normalized spacial score (nSPS) is 12.2. The zero-order chi connectivity index (χ0) is 9.14. The first-order valence-electron chi connectivity index (χ1n) is 3.81. The van der Waals surface area contributed by atoms with E-state index in [4.69, 9.17) is 5.26 Å². The summed E-state index contributed by atoms with van der Waals surface area (Å²) in [5.41, 5.74) is 1.74. The van der Waals surface area contributed by atoms with Crippen molar-refractivity contribution in [2.24, 2.45) is 0 Å². The molecule has 0 radical (unpaired) electrons. The number of hydrogen-bond donors (Lipinski definition) is 0. The van der Waals surface area contributed by atoms with Crippen molar-refractivity contribution in [2.45, 2.75) is 19.8 Å². The average molecular weight is 163 g/mol. The number of rotatable bonds is 1. The van der Waals surface area contributed by atoms with Crippen LogP contribution in [0, 0.1) is 24.1 Å². The van der Waals surface area contributed by atoms with Gasteiger partial charge >= 0.3 is 0 Å². The second-order valence-electron chi connectivity index (χ2n) is 2.85. The minimum Gasteiger partial charge on any atom is -0.207 e. The van der Waals surface area contributed by atoms with Crippen molar-refractivity contribution in [1.29, 1.82) is 5.26 Å². The van der Waals surface area contributed by atoms with Crippen molar-refractivity contribution in [3.8, 4) is 6.07 Å². The van der Waals surface area contributed by atoms with Gasteiger partial charge in [0.2, 0.25) is 0 Å². The summed E-state index contributed by atoms with van der Waals surface area (Å²) in [5.74, 6) is -0.515. The second-order valence-corrected chi connectivity index (χ2v) is 2.85. The van der Waals surface area contributed by atoms with Crippen molar-refractivity contribution in [1.82, 2.24) is 0 Å². The van der Waals surface area contributed by atoms with Crippen LogP contribution in [0.3, 0.4) is 0 Å². The number of nitriles is 1. The van der Waals surface area contributed by atoms with Gasteiger partial charge in [-0.1, -0.05) is 6.07 Å². The summed E-state index contributed by atoms with van der Waals surface area (Å²) in [7, 11) is 0. The first kappa shape index (κ1) is 8.73. The molecule has 0 fully saturated rings. The third kappa shape index (κ3) is 1.62. The molecule has 1 atom stereocenters. The minimum absolute atomic E-state index is 0.235. The van der Waals surface area contributed by atoms with E-state index in [1.165, 1.54) is 12.1 Å². The highest BCUT2D eigenvalue weighted by atomic mass is 19.1. The van der Waals surface area contributed by atoms with Gasteiger partial charge in [0.05, 0.1) is 12.0 Å². The lowest BCUT2D eigenvalue weighted by Crippen LogP contribution is -1.94. The minimum atomic E-state index is -0.280. The van der Waals surface area contributed by atoms with Gasteiger partial charge in [0, 0.05) is 0 Å². The van der Waals surface area contributed by atoms with Crippen LogP contribution in [0.1, 0.15) is 24.0 Å². The Morgan fingerprint density at radius 1 is 1.50 bits per heavy atom. The highest BCUT2D eigenvalue weighted by Crippen LogP contribution is 2.19. The molecule has 0 spiro atoms. The highest BCUT2D eigenvalue weighted by molar-refractivity contribution is 5.32. The fraction of sp³-hybridized carbons (Fsp3) is 0.300. The summed E-state index contributed by atoms with van der Waals surface area (Å²) < 4.78 is 12.7. The molecule has 0 amide bonds. The highest BCUT2D eigenvalue weighted by Gasteiger charge is 2.07. The summed E-state index contributed by atoms with van der Waals surface area (Å²) in [5, 5.41) is 8.63. The third-order valence-corrected chi connectivity index (χ3v) is 1.90. The molecule has 0 aromatic heterocycles. The Hall–Kier alpha value is -1.36. The molecule has 1 aromatic carbocycles. The van der Waals surface area contributed by atoms with E-state index in [0.717, 1.165) is 11.1 Å². The molecule has 1 unspecified atom stereocenters. The van der Waals surface area contributed by atoms with Gasteiger partial charge in [-0.05, 0) is 37.1 Å². The molecule has 0 heterocycles. The van der Waals surface area contributed by atoms with Crippen LogP contribution in [-0.2, 0) is 0 Å². The average Bonchev–Trinajstić information content (AvgIpc) is 2.08. The molecule has 1 rings (SSSR count). The SMILES string of the molecule is Cc1ccc(F)cc1C(C)C#N. The predicted molar refractivity (Wildman–Crippen MR) is 45.2 cm³/mol. The monoisotopic (exact) mass is 163 g/mol. The number of nitrogens with zero attached hydrogens (tertiary/aromatic N) is 1. The van der Waals surface area contributed by atoms with Gasteiger partial charge in [-0.3, -0.25) is 0 Å². The molecule has 0 aliphatic rings. The van der Waals surface area contributed by atoms with Crippen LogP contribution in [0.5, 0.6) is 0 Å². The molecule has 0 N–H and O–H groups in total. The van der Waals surface area contributed by atoms with Crippen molar-refractivity contribution in [3.63, 3.8) is 0 Å². The van der Waals surface area contributed by atoms with Crippen molar-refractivity contribution in [2.75, 3.05) is 0 Å². The van der Waals surface area contributed by atoms with Crippen molar-refractivity contribution in [3.05, 3.63) is 35.1 Å². The number of aryl methyl sites for hydroxylation is 1. The lowest BCUT2D eigenvalue weighted by atomic mass is 9.98. The quantitative estimate of drug-likeness (QED) is 0.624. The molecule has 12 heavy (non-hydrogen) atoms. The predicted octanol–water partition coefficient (Wildman–Crippen LogP) is 2.76. The van der Waals surface area contributed by atoms with E-state index in [2.05, 4.69) is 6.07 Å². The molecule has 0 aliphatic carbocycles. The third-order valence-electron chi connectivity index (χ3n) is 1.90. The Kier molecular flexibility index (Phi) is 2.44. The molecule has 62 valence electrons. The molecule has 0 bridgehead atoms. The lowest BCUT2D eigenvalue weighted by molar-refractivity contribution is 0.624. The van der Waals surface area contributed by atoms with E-state index in [1.54, 1.807) is 13.0 Å². The molecule has 1 nitrogen and oxygen atoms in total. The van der Waals surface area contributed by atoms with Crippen LogP contribution >= 0.6 is 0 Å². The van der Waals surface area contributed by atoms with Crippen LogP contribution < -0.4 is 0 Å². The van der Waals surface area contributed by atoms with Crippen LogP contribution in [0.15, 0.2) is 18.2 Å². The van der Waals surface area contributed by atoms with E-state index in [9.17, 15) is 4.39 Å². The maximum absolute atomic E-state index is 12.7. The molecule has 0 saturated heterocycles. The number of hydrogen-bond acceptors (Lipinski definition) is 1. The van der Waals surface area contributed by atoms with E-state index >= 15 is 0 Å². The van der Waals surface area contributed by atoms with Gasteiger partial charge in [-0.2, -0.15) is 5.26 Å². The summed E-state index contributed by atoms with van der Waals surface area (Å²) in [6, 6.07) is 6.60. The molecular formula is C10H10FN. The Morgan fingerprint density at radius 2 is 2.17 bits per heavy atom. The maximum Gasteiger partial charge on any atom is 0.123 e. The van der Waals surface area contributed by atoms with Crippen molar-refractivity contribution < 1.29 is 4.39 Å². The zero-order valence-electron chi connectivity index (χ0n) is 7.13. The Morgan fingerprint density at radius 3 is 2.75 bits per heavy atom. The summed E-state index contributed by atoms with van der Waals surface area (Å²) in [6.07, 6.45) is 0.